The van der Waals surface area contributed by atoms with Crippen molar-refractivity contribution >= 4 is 18.0 Å². The molecule has 204 valence electrons. The number of aromatic nitrogens is 2. The van der Waals surface area contributed by atoms with Crippen molar-refractivity contribution in [1.82, 2.24) is 14.9 Å². The molecule has 4 aromatic rings. The molecule has 5 rings (SSSR count). The Labute approximate surface area is 230 Å². The minimum absolute atomic E-state index is 0.0379. The number of hydrogen-bond acceptors (Lipinski definition) is 7. The van der Waals surface area contributed by atoms with E-state index in [9.17, 15) is 19.5 Å². The summed E-state index contributed by atoms with van der Waals surface area (Å²) in [4.78, 5) is 42.3. The number of aliphatic carboxylic acids is 1. The molecule has 0 saturated carbocycles. The summed E-state index contributed by atoms with van der Waals surface area (Å²) < 4.78 is 17.4. The number of alkyl carbamates (subject to hydrolysis) is 1. The van der Waals surface area contributed by atoms with Crippen molar-refractivity contribution in [2.45, 2.75) is 18.4 Å². The molecule has 0 saturated heterocycles. The van der Waals surface area contributed by atoms with Gasteiger partial charge in [0, 0.05) is 24.2 Å². The lowest BCUT2D eigenvalue weighted by Crippen LogP contribution is -2.43. The average molecular weight is 542 g/mol. The van der Waals surface area contributed by atoms with Gasteiger partial charge >= 0.3 is 12.1 Å². The fourth-order valence-electron chi connectivity index (χ4n) is 5.03. The Hall–Kier alpha value is -5.12. The summed E-state index contributed by atoms with van der Waals surface area (Å²) in [6.07, 6.45) is 1.55. The lowest BCUT2D eigenvalue weighted by molar-refractivity contribution is -0.139. The standard InChI is InChI=1S/C30H27N3O7/c1-38-25-12-7-13-26(39-2)27(25)28(34)33-17-31-15-18(33)14-24(29(35)36)32-30(37)40-16-23-21-10-5-3-8-19(21)20-9-4-6-11-22(20)23/h3-13,15,17,23-24H,14,16H2,1-2H3,(H,32,37)(H,35,36)/t24-/m0/s1. The average Bonchev–Trinajstić information content (AvgIpc) is 3.57. The second-order valence-corrected chi connectivity index (χ2v) is 9.16. The van der Waals surface area contributed by atoms with Crippen molar-refractivity contribution in [2.75, 3.05) is 20.8 Å². The highest BCUT2D eigenvalue weighted by molar-refractivity contribution is 6.01. The molecule has 40 heavy (non-hydrogen) atoms. The Morgan fingerprint density at radius 1 is 0.925 bits per heavy atom. The Kier molecular flexibility index (Phi) is 7.50. The number of ether oxygens (including phenoxy) is 3. The zero-order valence-corrected chi connectivity index (χ0v) is 21.9. The third-order valence-corrected chi connectivity index (χ3v) is 6.92. The van der Waals surface area contributed by atoms with Gasteiger partial charge < -0.3 is 24.6 Å². The number of carbonyl (C=O) groups excluding carboxylic acids is 2. The summed E-state index contributed by atoms with van der Waals surface area (Å²) in [6.45, 7) is 0.0379. The van der Waals surface area contributed by atoms with E-state index < -0.39 is 24.0 Å². The second kappa shape index (κ2) is 11.3. The van der Waals surface area contributed by atoms with Crippen LogP contribution in [0.4, 0.5) is 4.79 Å². The van der Waals surface area contributed by atoms with Gasteiger partial charge in [-0.25, -0.2) is 14.6 Å². The van der Waals surface area contributed by atoms with Crippen LogP contribution in [0.15, 0.2) is 79.3 Å². The van der Waals surface area contributed by atoms with Gasteiger partial charge in [-0.1, -0.05) is 54.6 Å². The van der Waals surface area contributed by atoms with Crippen LogP contribution in [0, 0.1) is 0 Å². The molecule has 2 N–H and O–H groups in total. The number of fused-ring (bicyclic) bond motifs is 3. The molecule has 1 atom stereocenters. The monoisotopic (exact) mass is 541 g/mol. The van der Waals surface area contributed by atoms with E-state index in [2.05, 4.69) is 10.3 Å². The third-order valence-electron chi connectivity index (χ3n) is 6.92. The van der Waals surface area contributed by atoms with Crippen molar-refractivity contribution in [2.24, 2.45) is 0 Å². The lowest BCUT2D eigenvalue weighted by Gasteiger charge is -2.18. The molecule has 10 heteroatoms. The number of nitrogens with zero attached hydrogens (tertiary/aromatic N) is 2. The minimum atomic E-state index is -1.38. The number of hydrogen-bond donors (Lipinski definition) is 2. The van der Waals surface area contributed by atoms with E-state index in [4.69, 9.17) is 14.2 Å². The third kappa shape index (κ3) is 4.98. The van der Waals surface area contributed by atoms with Crippen LogP contribution in [0.1, 0.15) is 33.1 Å². The largest absolute Gasteiger partial charge is 0.496 e. The maximum atomic E-state index is 13.4. The van der Waals surface area contributed by atoms with Gasteiger partial charge in [0.1, 0.15) is 36.0 Å². The topological polar surface area (TPSA) is 129 Å². The number of methoxy groups -OCH3 is 2. The SMILES string of the molecule is COc1cccc(OC)c1C(=O)n1cncc1C[C@H](NC(=O)OCC1c2ccccc2-c2ccccc21)C(=O)O. The minimum Gasteiger partial charge on any atom is -0.496 e. The highest BCUT2D eigenvalue weighted by atomic mass is 16.5. The van der Waals surface area contributed by atoms with Crippen molar-refractivity contribution < 1.29 is 33.7 Å². The van der Waals surface area contributed by atoms with Gasteiger partial charge in [0.05, 0.1) is 14.2 Å². The van der Waals surface area contributed by atoms with Crippen LogP contribution in [0.5, 0.6) is 11.5 Å². The van der Waals surface area contributed by atoms with Crippen LogP contribution in [-0.4, -0.2) is 59.5 Å². The van der Waals surface area contributed by atoms with Crippen molar-refractivity contribution in [3.63, 3.8) is 0 Å². The Bertz CT molecular complexity index is 1510. The second-order valence-electron chi connectivity index (χ2n) is 9.16. The van der Waals surface area contributed by atoms with Crippen molar-refractivity contribution in [1.29, 1.82) is 0 Å². The van der Waals surface area contributed by atoms with Crippen LogP contribution in [0.25, 0.3) is 11.1 Å². The predicted molar refractivity (Wildman–Crippen MR) is 145 cm³/mol. The van der Waals surface area contributed by atoms with E-state index in [0.29, 0.717) is 0 Å². The smallest absolute Gasteiger partial charge is 0.407 e. The molecule has 3 aromatic carbocycles. The summed E-state index contributed by atoms with van der Waals surface area (Å²) in [5.74, 6) is -1.40. The van der Waals surface area contributed by atoms with Crippen LogP contribution < -0.4 is 14.8 Å². The van der Waals surface area contributed by atoms with Gasteiger partial charge in [-0.2, -0.15) is 0 Å². The fraction of sp³-hybridized carbons (Fsp3) is 0.200. The van der Waals surface area contributed by atoms with Crippen LogP contribution in [0.3, 0.4) is 0 Å². The summed E-state index contributed by atoms with van der Waals surface area (Å²) in [7, 11) is 2.86. The number of carboxylic acids is 1. The summed E-state index contributed by atoms with van der Waals surface area (Å²) >= 11 is 0. The number of imidazole rings is 1. The molecule has 1 aliphatic carbocycles. The van der Waals surface area contributed by atoms with Gasteiger partial charge in [-0.3, -0.25) is 9.36 Å². The van der Waals surface area contributed by atoms with Gasteiger partial charge in [0.25, 0.3) is 5.91 Å². The van der Waals surface area contributed by atoms with Crippen LogP contribution in [0.2, 0.25) is 0 Å². The van der Waals surface area contributed by atoms with E-state index in [1.165, 1.54) is 31.3 Å². The number of rotatable bonds is 9. The molecule has 0 fully saturated rings. The predicted octanol–water partition coefficient (Wildman–Crippen LogP) is 4.12. The van der Waals surface area contributed by atoms with Gasteiger partial charge in [-0.05, 0) is 34.4 Å². The first-order valence-electron chi connectivity index (χ1n) is 12.5. The van der Waals surface area contributed by atoms with E-state index >= 15 is 0 Å². The lowest BCUT2D eigenvalue weighted by atomic mass is 9.98. The van der Waals surface area contributed by atoms with Crippen LogP contribution >= 0.6 is 0 Å². The molecule has 10 nitrogen and oxygen atoms in total. The molecule has 1 aromatic heterocycles. The number of amides is 1. The van der Waals surface area contributed by atoms with E-state index in [-0.39, 0.29) is 41.7 Å². The number of benzene rings is 3. The molecule has 0 unspecified atom stereocenters. The normalized spacial score (nSPS) is 12.7. The Morgan fingerprint density at radius 2 is 1.52 bits per heavy atom. The van der Waals surface area contributed by atoms with E-state index in [1.807, 2.05) is 48.5 Å². The molecule has 0 aliphatic heterocycles. The zero-order chi connectivity index (χ0) is 28.2. The maximum absolute atomic E-state index is 13.4. The van der Waals surface area contributed by atoms with Gasteiger partial charge in [0.15, 0.2) is 0 Å². The molecule has 1 heterocycles. The summed E-state index contributed by atoms with van der Waals surface area (Å²) in [6, 6.07) is 19.4. The first-order chi connectivity index (χ1) is 19.4. The molecule has 0 bridgehead atoms. The van der Waals surface area contributed by atoms with Gasteiger partial charge in [-0.15, -0.1) is 0 Å². The fourth-order valence-corrected chi connectivity index (χ4v) is 5.03. The summed E-state index contributed by atoms with van der Waals surface area (Å²) in [5.41, 5.74) is 4.67. The number of carbonyl (C=O) groups is 3. The molecule has 0 spiro atoms. The molecule has 1 amide bonds. The number of nitrogens with one attached hydrogen (secondary N) is 1. The molecule has 1 aliphatic rings. The molecular formula is C30H27N3O7. The molecule has 0 radical (unpaired) electrons. The van der Waals surface area contributed by atoms with Crippen molar-refractivity contribution in [3.8, 4) is 22.6 Å². The quantitative estimate of drug-likeness (QED) is 0.324. The first-order valence-corrected chi connectivity index (χ1v) is 12.5. The van der Waals surface area contributed by atoms with Crippen LogP contribution in [-0.2, 0) is 16.0 Å². The maximum Gasteiger partial charge on any atom is 0.407 e. The van der Waals surface area contributed by atoms with Gasteiger partial charge in [0.2, 0.25) is 0 Å². The van der Waals surface area contributed by atoms with E-state index in [1.54, 1.807) is 18.2 Å². The number of carboxylic acid groups (broad SMARTS) is 1. The van der Waals surface area contributed by atoms with E-state index in [0.717, 1.165) is 22.3 Å². The summed E-state index contributed by atoms with van der Waals surface area (Å²) in [5, 5.41) is 12.3. The molecular weight excluding hydrogens is 514 g/mol. The highest BCUT2D eigenvalue weighted by Gasteiger charge is 2.30. The zero-order valence-electron chi connectivity index (χ0n) is 21.9. The van der Waals surface area contributed by atoms with Crippen molar-refractivity contribution in [3.05, 3.63) is 102 Å². The Morgan fingerprint density at radius 3 is 2.10 bits per heavy atom. The highest BCUT2D eigenvalue weighted by Crippen LogP contribution is 2.44. The Balaban J connectivity index is 1.30. The first kappa shape index (κ1) is 26.5.